The van der Waals surface area contributed by atoms with Gasteiger partial charge in [-0.05, 0) is 68.8 Å². The second-order valence-electron chi connectivity index (χ2n) is 14.0. The van der Waals surface area contributed by atoms with Crippen molar-refractivity contribution in [1.82, 2.24) is 9.44 Å². The zero-order valence-electron chi connectivity index (χ0n) is 32.8. The molecule has 0 saturated carbocycles. The molecular weight excluding hydrogens is 805 g/mol. The highest BCUT2D eigenvalue weighted by Gasteiger charge is 2.24. The molecule has 14 heteroatoms. The van der Waals surface area contributed by atoms with Gasteiger partial charge in [-0.1, -0.05) is 109 Å². The van der Waals surface area contributed by atoms with Crippen molar-refractivity contribution in [1.29, 1.82) is 0 Å². The summed E-state index contributed by atoms with van der Waals surface area (Å²) < 4.78 is 80.6. The summed E-state index contributed by atoms with van der Waals surface area (Å²) in [5.41, 5.74) is 6.15. The number of methoxy groups -OCH3 is 2. The molecular formula is C46H42N2O10S2. The van der Waals surface area contributed by atoms with Crippen LogP contribution in [0.3, 0.4) is 0 Å². The summed E-state index contributed by atoms with van der Waals surface area (Å²) >= 11 is 0. The van der Waals surface area contributed by atoms with E-state index in [2.05, 4.69) is 9.44 Å². The Morgan fingerprint density at radius 3 is 0.950 bits per heavy atom. The minimum atomic E-state index is -4.13. The number of ether oxygens (including phenoxy) is 4. The van der Waals surface area contributed by atoms with E-state index in [1.807, 2.05) is 72.8 Å². The normalized spacial score (nSPS) is 12.4. The lowest BCUT2D eigenvalue weighted by Gasteiger charge is -2.22. The number of hydrogen-bond acceptors (Lipinski definition) is 10. The number of amides is 2. The SMILES string of the molecule is COc1c2cccc1Cc1cccc(c1OCC(=O)NS(=O)(=O)c1ccccc1)Cc1cccc(c1OC)Cc1cccc(c1OCC(=O)NS(=O)(=O)c1ccccc1)C2. The smallest absolute Gasteiger partial charge is 0.271 e. The second-order valence-corrected chi connectivity index (χ2v) is 17.4. The van der Waals surface area contributed by atoms with Crippen molar-refractivity contribution in [3.63, 3.8) is 0 Å². The van der Waals surface area contributed by atoms with Crippen molar-refractivity contribution < 1.29 is 45.4 Å². The zero-order valence-corrected chi connectivity index (χ0v) is 34.5. The van der Waals surface area contributed by atoms with Gasteiger partial charge in [-0.3, -0.25) is 9.59 Å². The summed E-state index contributed by atoms with van der Waals surface area (Å²) in [5, 5.41) is 0. The fourth-order valence-electron chi connectivity index (χ4n) is 7.33. The molecule has 308 valence electrons. The molecule has 0 saturated heterocycles. The van der Waals surface area contributed by atoms with E-state index in [0.29, 0.717) is 48.7 Å². The first kappa shape index (κ1) is 41.5. The lowest BCUT2D eigenvalue weighted by Crippen LogP contribution is -2.34. The predicted molar refractivity (Wildman–Crippen MR) is 225 cm³/mol. The minimum Gasteiger partial charge on any atom is -0.496 e. The fraction of sp³-hybridized carbons (Fsp3) is 0.174. The lowest BCUT2D eigenvalue weighted by molar-refractivity contribution is -0.122. The summed E-state index contributed by atoms with van der Waals surface area (Å²) in [5.74, 6) is 0.367. The van der Waals surface area contributed by atoms with Crippen LogP contribution in [0.1, 0.15) is 44.5 Å². The molecule has 0 unspecified atom stereocenters. The number of sulfonamides is 2. The number of hydrogen-bond donors (Lipinski definition) is 2. The minimum absolute atomic E-state index is 0.0452. The Hall–Kier alpha value is -6.64. The highest BCUT2D eigenvalue weighted by molar-refractivity contribution is 7.90. The Morgan fingerprint density at radius 1 is 0.417 bits per heavy atom. The van der Waals surface area contributed by atoms with Gasteiger partial charge in [-0.15, -0.1) is 0 Å². The summed E-state index contributed by atoms with van der Waals surface area (Å²) in [6, 6.07) is 38.1. The Labute approximate surface area is 349 Å². The standard InChI is InChI=1S/C46H42N2O10S2/c1-55-43-31-13-9-14-32(43)26-36-18-12-20-38(46(36)58-30-42(50)48-60(53,54)40-23-7-4-8-24-40)28-34-16-10-15-33(44(34)56-2)27-37-19-11-17-35(25-31)45(37)57-29-41(49)47-59(51,52)39-21-5-3-6-22-39/h3-24H,25-30H2,1-2H3,(H,47,49)(H,48,50). The van der Waals surface area contributed by atoms with Crippen LogP contribution in [0, 0.1) is 0 Å². The van der Waals surface area contributed by atoms with Crippen LogP contribution in [0.5, 0.6) is 23.0 Å². The topological polar surface area (TPSA) is 163 Å². The average molecular weight is 847 g/mol. The van der Waals surface area contributed by atoms with Crippen LogP contribution in [0.2, 0.25) is 0 Å². The Kier molecular flexibility index (Phi) is 12.5. The lowest BCUT2D eigenvalue weighted by atomic mass is 9.91. The molecule has 0 fully saturated rings. The number of para-hydroxylation sites is 4. The van der Waals surface area contributed by atoms with Crippen LogP contribution in [-0.2, 0) is 55.3 Å². The number of benzene rings is 6. The number of carbonyl (C=O) groups excluding carboxylic acids is 2. The molecule has 2 amide bonds. The van der Waals surface area contributed by atoms with E-state index < -0.39 is 45.1 Å². The third kappa shape index (κ3) is 9.46. The van der Waals surface area contributed by atoms with Crippen molar-refractivity contribution in [2.75, 3.05) is 27.4 Å². The molecule has 1 aliphatic carbocycles. The molecule has 6 aromatic carbocycles. The number of carbonyl (C=O) groups is 2. The maximum atomic E-state index is 13.1. The quantitative estimate of drug-likeness (QED) is 0.146. The molecule has 0 atom stereocenters. The summed E-state index contributed by atoms with van der Waals surface area (Å²) in [4.78, 5) is 26.2. The van der Waals surface area contributed by atoms with Crippen LogP contribution in [0.4, 0.5) is 0 Å². The maximum absolute atomic E-state index is 13.1. The molecule has 0 radical (unpaired) electrons. The van der Waals surface area contributed by atoms with E-state index in [1.54, 1.807) is 50.6 Å². The summed E-state index contributed by atoms with van der Waals surface area (Å²) in [6.07, 6.45) is 1.28. The molecule has 0 spiro atoms. The van der Waals surface area contributed by atoms with Crippen molar-refractivity contribution in [3.8, 4) is 23.0 Å². The van der Waals surface area contributed by atoms with Gasteiger partial charge in [0.25, 0.3) is 31.9 Å². The first-order valence-corrected chi connectivity index (χ1v) is 21.9. The van der Waals surface area contributed by atoms with Crippen LogP contribution in [0.15, 0.2) is 143 Å². The Bertz CT molecular complexity index is 2480. The van der Waals surface area contributed by atoms with Crippen molar-refractivity contribution in [2.45, 2.75) is 35.5 Å². The van der Waals surface area contributed by atoms with Gasteiger partial charge >= 0.3 is 0 Å². The van der Waals surface area contributed by atoms with Crippen molar-refractivity contribution in [3.05, 3.63) is 178 Å². The van der Waals surface area contributed by atoms with Crippen LogP contribution >= 0.6 is 0 Å². The number of nitrogens with one attached hydrogen (secondary N) is 2. The van der Waals surface area contributed by atoms with Gasteiger partial charge in [0.15, 0.2) is 13.2 Å². The van der Waals surface area contributed by atoms with E-state index in [1.165, 1.54) is 24.3 Å². The van der Waals surface area contributed by atoms with Gasteiger partial charge in [-0.2, -0.15) is 0 Å². The van der Waals surface area contributed by atoms with Crippen LogP contribution in [-0.4, -0.2) is 56.1 Å². The zero-order chi connectivity index (χ0) is 42.3. The van der Waals surface area contributed by atoms with Crippen molar-refractivity contribution in [2.24, 2.45) is 0 Å². The molecule has 1 aliphatic rings. The Morgan fingerprint density at radius 2 is 0.683 bits per heavy atom. The van der Waals surface area contributed by atoms with E-state index in [0.717, 1.165) is 44.5 Å². The van der Waals surface area contributed by atoms with Crippen LogP contribution < -0.4 is 28.4 Å². The van der Waals surface area contributed by atoms with E-state index >= 15 is 0 Å². The molecule has 0 heterocycles. The average Bonchev–Trinajstić information content (AvgIpc) is 3.23. The fourth-order valence-corrected chi connectivity index (χ4v) is 9.32. The van der Waals surface area contributed by atoms with E-state index in [4.69, 9.17) is 18.9 Å². The van der Waals surface area contributed by atoms with Crippen LogP contribution in [0.25, 0.3) is 0 Å². The van der Waals surface area contributed by atoms with E-state index in [-0.39, 0.29) is 9.79 Å². The molecule has 0 aromatic heterocycles. The van der Waals surface area contributed by atoms with Gasteiger partial charge in [0.2, 0.25) is 0 Å². The highest BCUT2D eigenvalue weighted by Crippen LogP contribution is 2.38. The van der Waals surface area contributed by atoms with E-state index in [9.17, 15) is 26.4 Å². The third-order valence-electron chi connectivity index (χ3n) is 9.94. The number of fused-ring (bicyclic) bond motifs is 8. The number of rotatable bonds is 12. The molecule has 60 heavy (non-hydrogen) atoms. The van der Waals surface area contributed by atoms with Gasteiger partial charge in [0.1, 0.15) is 23.0 Å². The second kappa shape index (κ2) is 18.1. The Balaban J connectivity index is 1.26. The van der Waals surface area contributed by atoms with Gasteiger partial charge in [0.05, 0.1) is 24.0 Å². The van der Waals surface area contributed by atoms with Crippen molar-refractivity contribution >= 4 is 31.9 Å². The molecule has 7 rings (SSSR count). The molecule has 12 nitrogen and oxygen atoms in total. The van der Waals surface area contributed by atoms with Gasteiger partial charge < -0.3 is 18.9 Å². The monoisotopic (exact) mass is 846 g/mol. The van der Waals surface area contributed by atoms with Gasteiger partial charge in [-0.25, -0.2) is 26.3 Å². The molecule has 2 N–H and O–H groups in total. The first-order chi connectivity index (χ1) is 29.0. The highest BCUT2D eigenvalue weighted by atomic mass is 32.2. The first-order valence-electron chi connectivity index (χ1n) is 18.9. The summed E-state index contributed by atoms with van der Waals surface area (Å²) in [6.45, 7) is -1.14. The third-order valence-corrected chi connectivity index (χ3v) is 12.7. The summed E-state index contributed by atoms with van der Waals surface area (Å²) in [7, 11) is -5.09. The molecule has 0 aliphatic heterocycles. The molecule has 8 bridgehead atoms. The molecule has 6 aromatic rings. The largest absolute Gasteiger partial charge is 0.496 e. The maximum Gasteiger partial charge on any atom is 0.271 e. The van der Waals surface area contributed by atoms with Gasteiger partial charge in [0, 0.05) is 25.7 Å². The predicted octanol–water partition coefficient (Wildman–Crippen LogP) is 6.15.